The molecule has 5 heteroatoms. The number of aromatic nitrogens is 2. The maximum Gasteiger partial charge on any atom is 0.177 e. The van der Waals surface area contributed by atoms with Crippen LogP contribution in [-0.2, 0) is 17.3 Å². The molecule has 2 unspecified atom stereocenters. The Morgan fingerprint density at radius 2 is 2.50 bits per heavy atom. The fourth-order valence-electron chi connectivity index (χ4n) is 0.875. The fourth-order valence-corrected chi connectivity index (χ4v) is 1.45. The summed E-state index contributed by atoms with van der Waals surface area (Å²) >= 11 is 5.00. The van der Waals surface area contributed by atoms with E-state index in [0.717, 1.165) is 0 Å². The Balaban J connectivity index is 2.70. The normalized spacial score (nSPS) is 15.8. The first kappa shape index (κ1) is 9.67. The van der Waals surface area contributed by atoms with E-state index in [4.69, 9.17) is 12.2 Å². The number of hydrogen-bond donors (Lipinski definition) is 1. The number of hydrogen-bond acceptors (Lipinski definition) is 2. The van der Waals surface area contributed by atoms with Crippen LogP contribution in [0.2, 0.25) is 0 Å². The van der Waals surface area contributed by atoms with Gasteiger partial charge in [0.25, 0.3) is 0 Å². The van der Waals surface area contributed by atoms with Crippen molar-refractivity contribution in [2.45, 2.75) is 18.7 Å². The lowest BCUT2D eigenvalue weighted by atomic mass is 10.5. The Bertz CT molecular complexity index is 328. The van der Waals surface area contributed by atoms with Crippen molar-refractivity contribution < 1.29 is 4.21 Å². The van der Waals surface area contributed by atoms with Crippen LogP contribution in [0.4, 0.5) is 0 Å². The predicted molar refractivity (Wildman–Crippen MR) is 53.1 cm³/mol. The molecule has 0 amide bonds. The first-order valence-corrected chi connectivity index (χ1v) is 5.70. The summed E-state index contributed by atoms with van der Waals surface area (Å²) in [6.07, 6.45) is 5.36. The molecule has 0 aliphatic heterocycles. The Labute approximate surface area is 79.3 Å². The van der Waals surface area contributed by atoms with E-state index in [2.05, 4.69) is 4.98 Å². The molecule has 0 spiro atoms. The summed E-state index contributed by atoms with van der Waals surface area (Å²) in [4.78, 5) is 2.89. The molecule has 0 radical (unpaired) electrons. The molecule has 0 bridgehead atoms. The molecular weight excluding hydrogens is 192 g/mol. The van der Waals surface area contributed by atoms with E-state index >= 15 is 0 Å². The highest BCUT2D eigenvalue weighted by Gasteiger charge is 2.06. The molecule has 0 aromatic carbocycles. The third-order valence-corrected chi connectivity index (χ3v) is 3.38. The SMILES string of the molecule is CC(Cn1cc[nH]c1=S)S(C)=O. The number of nitrogens with one attached hydrogen (secondary N) is 1. The molecule has 1 rings (SSSR count). The van der Waals surface area contributed by atoms with Gasteiger partial charge in [0.05, 0.1) is 0 Å². The number of rotatable bonds is 3. The fraction of sp³-hybridized carbons (Fsp3) is 0.571. The summed E-state index contributed by atoms with van der Waals surface area (Å²) in [5, 5.41) is 0.146. The van der Waals surface area contributed by atoms with Crippen molar-refractivity contribution in [2.24, 2.45) is 0 Å². The summed E-state index contributed by atoms with van der Waals surface area (Å²) in [6, 6.07) is 0. The summed E-state index contributed by atoms with van der Waals surface area (Å²) in [5.41, 5.74) is 0. The van der Waals surface area contributed by atoms with E-state index < -0.39 is 10.8 Å². The van der Waals surface area contributed by atoms with E-state index in [1.54, 1.807) is 12.5 Å². The van der Waals surface area contributed by atoms with Crippen LogP contribution >= 0.6 is 12.2 Å². The first-order chi connectivity index (χ1) is 5.61. The molecular formula is C7H12N2OS2. The number of aromatic amines is 1. The third-order valence-electron chi connectivity index (χ3n) is 1.74. The molecule has 12 heavy (non-hydrogen) atoms. The van der Waals surface area contributed by atoms with Crippen molar-refractivity contribution in [3.63, 3.8) is 0 Å². The van der Waals surface area contributed by atoms with Crippen LogP contribution < -0.4 is 0 Å². The minimum absolute atomic E-state index is 0.146. The molecule has 0 aliphatic carbocycles. The lowest BCUT2D eigenvalue weighted by Crippen LogP contribution is -2.16. The van der Waals surface area contributed by atoms with E-state index in [0.29, 0.717) is 11.3 Å². The van der Waals surface area contributed by atoms with Crippen LogP contribution in [0, 0.1) is 4.77 Å². The summed E-state index contributed by atoms with van der Waals surface area (Å²) in [6.45, 7) is 2.66. The van der Waals surface area contributed by atoms with Gasteiger partial charge in [0.15, 0.2) is 4.77 Å². The zero-order valence-electron chi connectivity index (χ0n) is 7.11. The zero-order valence-corrected chi connectivity index (χ0v) is 8.74. The molecule has 0 saturated carbocycles. The second kappa shape index (κ2) is 4.00. The van der Waals surface area contributed by atoms with Crippen LogP contribution in [0.15, 0.2) is 12.4 Å². The van der Waals surface area contributed by atoms with Gasteiger partial charge in [-0.25, -0.2) is 0 Å². The van der Waals surface area contributed by atoms with Crippen LogP contribution in [0.1, 0.15) is 6.92 Å². The molecule has 0 aliphatic rings. The molecule has 2 atom stereocenters. The lowest BCUT2D eigenvalue weighted by molar-refractivity contribution is 0.639. The van der Waals surface area contributed by atoms with Gasteiger partial charge in [-0.1, -0.05) is 0 Å². The molecule has 0 saturated heterocycles. The Morgan fingerprint density at radius 3 is 2.92 bits per heavy atom. The summed E-state index contributed by atoms with van der Waals surface area (Å²) < 4.78 is 13.6. The molecule has 1 heterocycles. The van der Waals surface area contributed by atoms with Crippen LogP contribution in [0.3, 0.4) is 0 Å². The van der Waals surface area contributed by atoms with Crippen molar-refractivity contribution >= 4 is 23.0 Å². The number of nitrogens with zero attached hydrogens (tertiary/aromatic N) is 1. The second-order valence-corrected chi connectivity index (χ2v) is 4.92. The Hall–Kier alpha value is -0.420. The zero-order chi connectivity index (χ0) is 9.14. The van der Waals surface area contributed by atoms with Gasteiger partial charge in [0, 0.05) is 41.2 Å². The second-order valence-electron chi connectivity index (χ2n) is 2.73. The Kier molecular flexibility index (Phi) is 3.22. The topological polar surface area (TPSA) is 37.8 Å². The quantitative estimate of drug-likeness (QED) is 0.754. The molecule has 1 N–H and O–H groups in total. The lowest BCUT2D eigenvalue weighted by Gasteiger charge is -2.07. The van der Waals surface area contributed by atoms with Gasteiger partial charge in [-0.2, -0.15) is 0 Å². The molecule has 3 nitrogen and oxygen atoms in total. The third kappa shape index (κ3) is 2.28. The summed E-state index contributed by atoms with van der Waals surface area (Å²) in [5.74, 6) is 0. The van der Waals surface area contributed by atoms with Crippen LogP contribution in [0.5, 0.6) is 0 Å². The molecule has 0 fully saturated rings. The standard InChI is InChI=1S/C7H12N2OS2/c1-6(12(2)10)5-9-4-3-8-7(9)11/h3-4,6H,5H2,1-2H3,(H,8,11). The minimum atomic E-state index is -0.784. The van der Waals surface area contributed by atoms with Crippen molar-refractivity contribution in [1.29, 1.82) is 0 Å². The molecule has 68 valence electrons. The summed E-state index contributed by atoms with van der Waals surface area (Å²) in [7, 11) is -0.784. The van der Waals surface area contributed by atoms with E-state index in [1.807, 2.05) is 17.7 Å². The van der Waals surface area contributed by atoms with Gasteiger partial charge in [0.2, 0.25) is 0 Å². The van der Waals surface area contributed by atoms with Crippen LogP contribution in [-0.4, -0.2) is 25.3 Å². The average Bonchev–Trinajstić information content (AvgIpc) is 2.36. The van der Waals surface area contributed by atoms with Crippen molar-refractivity contribution in [2.75, 3.05) is 6.26 Å². The highest BCUT2D eigenvalue weighted by atomic mass is 32.2. The van der Waals surface area contributed by atoms with Gasteiger partial charge in [0.1, 0.15) is 0 Å². The van der Waals surface area contributed by atoms with Gasteiger partial charge < -0.3 is 9.55 Å². The monoisotopic (exact) mass is 204 g/mol. The molecule has 1 aromatic heterocycles. The van der Waals surface area contributed by atoms with Gasteiger partial charge in [-0.3, -0.25) is 4.21 Å². The van der Waals surface area contributed by atoms with Gasteiger partial charge >= 0.3 is 0 Å². The first-order valence-electron chi connectivity index (χ1n) is 3.67. The van der Waals surface area contributed by atoms with Crippen molar-refractivity contribution in [3.05, 3.63) is 17.2 Å². The van der Waals surface area contributed by atoms with Crippen molar-refractivity contribution in [1.82, 2.24) is 9.55 Å². The maximum atomic E-state index is 11.0. The highest BCUT2D eigenvalue weighted by molar-refractivity contribution is 7.84. The minimum Gasteiger partial charge on any atom is -0.337 e. The smallest absolute Gasteiger partial charge is 0.177 e. The maximum absolute atomic E-state index is 11.0. The predicted octanol–water partition coefficient (Wildman–Crippen LogP) is 1.31. The van der Waals surface area contributed by atoms with Crippen LogP contribution in [0.25, 0.3) is 0 Å². The largest absolute Gasteiger partial charge is 0.337 e. The average molecular weight is 204 g/mol. The Morgan fingerprint density at radius 1 is 1.83 bits per heavy atom. The number of H-pyrrole nitrogens is 1. The van der Waals surface area contributed by atoms with E-state index in [-0.39, 0.29) is 5.25 Å². The van der Waals surface area contributed by atoms with E-state index in [1.165, 1.54) is 0 Å². The van der Waals surface area contributed by atoms with Gasteiger partial charge in [-0.05, 0) is 19.1 Å². The highest BCUT2D eigenvalue weighted by Crippen LogP contribution is 1.99. The molecule has 1 aromatic rings. The number of imidazole rings is 1. The van der Waals surface area contributed by atoms with Gasteiger partial charge in [-0.15, -0.1) is 0 Å². The van der Waals surface area contributed by atoms with Crippen molar-refractivity contribution in [3.8, 4) is 0 Å². The van der Waals surface area contributed by atoms with E-state index in [9.17, 15) is 4.21 Å².